The predicted octanol–water partition coefficient (Wildman–Crippen LogP) is 2.36. The topological polar surface area (TPSA) is 90.1 Å². The lowest BCUT2D eigenvalue weighted by atomic mass is 10.1. The first-order valence-electron chi connectivity index (χ1n) is 8.63. The first-order chi connectivity index (χ1) is 13.2. The molecule has 0 saturated carbocycles. The molecule has 0 atom stereocenters. The van der Waals surface area contributed by atoms with Gasteiger partial charge in [-0.1, -0.05) is 48.0 Å². The van der Waals surface area contributed by atoms with Crippen molar-refractivity contribution in [2.45, 2.75) is 19.5 Å². The molecule has 0 radical (unpaired) electrons. The quantitative estimate of drug-likeness (QED) is 0.467. The summed E-state index contributed by atoms with van der Waals surface area (Å²) < 4.78 is 0. The maximum absolute atomic E-state index is 12.7. The fourth-order valence-corrected chi connectivity index (χ4v) is 3.79. The van der Waals surface area contributed by atoms with Crippen molar-refractivity contribution in [1.82, 2.24) is 26.9 Å². The molecule has 3 aromatic rings. The molecule has 138 valence electrons. The van der Waals surface area contributed by atoms with Crippen LogP contribution in [-0.4, -0.2) is 17.1 Å². The standard InChI is InChI=1S/C19H20N6OS/c1-12-7-9-14(10-8-12)18(26)21-19-17(13-5-3-2-4-6-13)20-16(27-19)11-15-22-24-25-23-15/h2-10,15,22-25H,11H2,1H3,(H,21,26). The summed E-state index contributed by atoms with van der Waals surface area (Å²) in [5.41, 5.74) is 15.2. The van der Waals surface area contributed by atoms with Gasteiger partial charge < -0.3 is 5.32 Å². The molecule has 1 amide bonds. The number of aromatic nitrogens is 1. The summed E-state index contributed by atoms with van der Waals surface area (Å²) >= 11 is 1.49. The lowest BCUT2D eigenvalue weighted by Gasteiger charge is -2.06. The lowest BCUT2D eigenvalue weighted by molar-refractivity contribution is 0.102. The summed E-state index contributed by atoms with van der Waals surface area (Å²) in [4.78, 5) is 17.5. The number of carbonyl (C=O) groups is 1. The molecule has 0 unspecified atom stereocenters. The zero-order chi connectivity index (χ0) is 18.6. The van der Waals surface area contributed by atoms with Crippen molar-refractivity contribution in [3.8, 4) is 11.3 Å². The Bertz CT molecular complexity index is 919. The van der Waals surface area contributed by atoms with Crippen LogP contribution in [0.25, 0.3) is 11.3 Å². The number of anilines is 1. The van der Waals surface area contributed by atoms with Gasteiger partial charge in [0.1, 0.15) is 10.7 Å². The molecule has 4 rings (SSSR count). The summed E-state index contributed by atoms with van der Waals surface area (Å²) in [7, 11) is 0. The normalized spacial score (nSPS) is 14.4. The van der Waals surface area contributed by atoms with Gasteiger partial charge in [0, 0.05) is 17.5 Å². The lowest BCUT2D eigenvalue weighted by Crippen LogP contribution is -2.35. The molecule has 5 N–H and O–H groups in total. The third kappa shape index (κ3) is 4.21. The summed E-state index contributed by atoms with van der Waals surface area (Å²) in [6, 6.07) is 17.4. The van der Waals surface area contributed by atoms with Crippen LogP contribution in [0.3, 0.4) is 0 Å². The van der Waals surface area contributed by atoms with Gasteiger partial charge in [0.25, 0.3) is 5.91 Å². The molecule has 1 aliphatic rings. The number of hydrazine groups is 3. The van der Waals surface area contributed by atoms with E-state index in [1.807, 2.05) is 61.5 Å². The highest BCUT2D eigenvalue weighted by atomic mass is 32.1. The Labute approximate surface area is 161 Å². The number of aryl methyl sites for hydroxylation is 1. The molecule has 0 spiro atoms. The van der Waals surface area contributed by atoms with Crippen LogP contribution < -0.4 is 27.2 Å². The first kappa shape index (κ1) is 17.8. The number of rotatable bonds is 5. The summed E-state index contributed by atoms with van der Waals surface area (Å²) in [5, 5.41) is 4.71. The van der Waals surface area contributed by atoms with Gasteiger partial charge in [-0.15, -0.1) is 11.3 Å². The van der Waals surface area contributed by atoms with Gasteiger partial charge in [-0.2, -0.15) is 11.1 Å². The minimum absolute atomic E-state index is 0.0143. The highest BCUT2D eigenvalue weighted by molar-refractivity contribution is 7.16. The smallest absolute Gasteiger partial charge is 0.256 e. The van der Waals surface area contributed by atoms with Gasteiger partial charge in [0.05, 0.1) is 11.2 Å². The summed E-state index contributed by atoms with van der Waals surface area (Å²) in [6.07, 6.45) is 0.686. The molecule has 2 heterocycles. The number of thiazole rings is 1. The minimum Gasteiger partial charge on any atom is -0.312 e. The molecule has 0 bridgehead atoms. The molecule has 7 nitrogen and oxygen atoms in total. The molecule has 1 aromatic heterocycles. The Morgan fingerprint density at radius 1 is 1.07 bits per heavy atom. The zero-order valence-electron chi connectivity index (χ0n) is 14.7. The second-order valence-corrected chi connectivity index (χ2v) is 7.35. The molecule has 8 heteroatoms. The first-order valence-corrected chi connectivity index (χ1v) is 9.45. The van der Waals surface area contributed by atoms with E-state index in [-0.39, 0.29) is 12.1 Å². The van der Waals surface area contributed by atoms with Crippen LogP contribution in [0.5, 0.6) is 0 Å². The van der Waals surface area contributed by atoms with Gasteiger partial charge >= 0.3 is 0 Å². The largest absolute Gasteiger partial charge is 0.312 e. The Morgan fingerprint density at radius 2 is 1.78 bits per heavy atom. The zero-order valence-corrected chi connectivity index (χ0v) is 15.6. The van der Waals surface area contributed by atoms with Gasteiger partial charge in [-0.3, -0.25) is 4.79 Å². The van der Waals surface area contributed by atoms with Crippen LogP contribution in [0.4, 0.5) is 5.00 Å². The Hall–Kier alpha value is -2.62. The van der Waals surface area contributed by atoms with Crippen LogP contribution in [0.2, 0.25) is 0 Å². The predicted molar refractivity (Wildman–Crippen MR) is 107 cm³/mol. The average molecular weight is 380 g/mol. The molecule has 1 aliphatic heterocycles. The molecular weight excluding hydrogens is 360 g/mol. The second-order valence-electron chi connectivity index (χ2n) is 6.27. The molecule has 0 aliphatic carbocycles. The van der Waals surface area contributed by atoms with Crippen LogP contribution in [0, 0.1) is 6.92 Å². The highest BCUT2D eigenvalue weighted by Gasteiger charge is 2.20. The summed E-state index contributed by atoms with van der Waals surface area (Å²) in [5.74, 6) is -0.136. The van der Waals surface area contributed by atoms with Crippen molar-refractivity contribution in [1.29, 1.82) is 0 Å². The van der Waals surface area contributed by atoms with Gasteiger partial charge in [0.15, 0.2) is 0 Å². The Morgan fingerprint density at radius 3 is 2.48 bits per heavy atom. The maximum Gasteiger partial charge on any atom is 0.256 e. The van der Waals surface area contributed by atoms with Crippen molar-refractivity contribution < 1.29 is 4.79 Å². The van der Waals surface area contributed by atoms with Gasteiger partial charge in [-0.25, -0.2) is 15.8 Å². The minimum atomic E-state index is -0.136. The van der Waals surface area contributed by atoms with Crippen molar-refractivity contribution in [3.05, 3.63) is 70.7 Å². The monoisotopic (exact) mass is 380 g/mol. The van der Waals surface area contributed by atoms with E-state index in [0.29, 0.717) is 12.0 Å². The highest BCUT2D eigenvalue weighted by Crippen LogP contribution is 2.34. The fourth-order valence-electron chi connectivity index (χ4n) is 2.77. The number of benzene rings is 2. The number of nitrogens with one attached hydrogen (secondary N) is 5. The van der Waals surface area contributed by atoms with Crippen LogP contribution in [0.1, 0.15) is 20.9 Å². The van der Waals surface area contributed by atoms with Crippen LogP contribution in [0.15, 0.2) is 54.6 Å². The van der Waals surface area contributed by atoms with Crippen molar-refractivity contribution in [3.63, 3.8) is 0 Å². The molecular formula is C19H20N6OS. The van der Waals surface area contributed by atoms with Gasteiger partial charge in [0.2, 0.25) is 0 Å². The van der Waals surface area contributed by atoms with Crippen molar-refractivity contribution in [2.75, 3.05) is 5.32 Å². The molecule has 1 saturated heterocycles. The van der Waals surface area contributed by atoms with Crippen LogP contribution >= 0.6 is 11.3 Å². The Kier molecular flexibility index (Phi) is 5.23. The summed E-state index contributed by atoms with van der Waals surface area (Å²) in [6.45, 7) is 2.00. The van der Waals surface area contributed by atoms with E-state index in [2.05, 4.69) is 27.2 Å². The molecule has 27 heavy (non-hydrogen) atoms. The van der Waals surface area contributed by atoms with Crippen molar-refractivity contribution >= 4 is 22.2 Å². The van der Waals surface area contributed by atoms with E-state index in [1.54, 1.807) is 0 Å². The van der Waals surface area contributed by atoms with E-state index in [1.165, 1.54) is 11.3 Å². The number of carbonyl (C=O) groups excluding carboxylic acids is 1. The maximum atomic E-state index is 12.7. The van der Waals surface area contributed by atoms with Crippen molar-refractivity contribution in [2.24, 2.45) is 0 Å². The number of nitrogens with zero attached hydrogens (tertiary/aromatic N) is 1. The van der Waals surface area contributed by atoms with Gasteiger partial charge in [-0.05, 0) is 19.1 Å². The number of amides is 1. The van der Waals surface area contributed by atoms with E-state index >= 15 is 0 Å². The number of hydrogen-bond donors (Lipinski definition) is 5. The van der Waals surface area contributed by atoms with Crippen LogP contribution in [-0.2, 0) is 6.42 Å². The molecule has 1 fully saturated rings. The average Bonchev–Trinajstić information content (AvgIpc) is 3.33. The second kappa shape index (κ2) is 7.95. The van der Waals surface area contributed by atoms with E-state index in [0.717, 1.165) is 26.8 Å². The third-order valence-corrected chi connectivity index (χ3v) is 5.19. The van der Waals surface area contributed by atoms with E-state index < -0.39 is 0 Å². The van der Waals surface area contributed by atoms with E-state index in [9.17, 15) is 4.79 Å². The number of hydrogen-bond acceptors (Lipinski definition) is 7. The SMILES string of the molecule is Cc1ccc(C(=O)Nc2sc(CC3NNNN3)nc2-c2ccccc2)cc1. The van der Waals surface area contributed by atoms with E-state index in [4.69, 9.17) is 4.98 Å². The third-order valence-electron chi connectivity index (χ3n) is 4.19. The fraction of sp³-hybridized carbons (Fsp3) is 0.158. The molecule has 2 aromatic carbocycles. The Balaban J connectivity index is 1.61.